The summed E-state index contributed by atoms with van der Waals surface area (Å²) in [6.07, 6.45) is 2.53. The van der Waals surface area contributed by atoms with E-state index in [1.165, 1.54) is 23.0 Å². The van der Waals surface area contributed by atoms with Crippen LogP contribution in [0.15, 0.2) is 30.5 Å². The monoisotopic (exact) mass is 290 g/mol. The third kappa shape index (κ3) is 3.46. The van der Waals surface area contributed by atoms with Gasteiger partial charge in [-0.05, 0) is 43.7 Å². The molecule has 1 aromatic carbocycles. The normalized spacial score (nSPS) is 12.3. The van der Waals surface area contributed by atoms with E-state index in [9.17, 15) is 9.18 Å². The minimum atomic E-state index is -0.636. The number of carbonyl (C=O) groups excluding carboxylic acids is 1. The third-order valence-electron chi connectivity index (χ3n) is 3.26. The van der Waals surface area contributed by atoms with Gasteiger partial charge < -0.3 is 11.1 Å². The molecule has 2 aromatic rings. The molecule has 1 aromatic heterocycles. The van der Waals surface area contributed by atoms with E-state index in [0.29, 0.717) is 0 Å². The number of hydrogen-bond acceptors (Lipinski definition) is 3. The molecule has 21 heavy (non-hydrogen) atoms. The molecule has 0 fully saturated rings. The van der Waals surface area contributed by atoms with Crippen LogP contribution in [0.1, 0.15) is 42.4 Å². The lowest BCUT2D eigenvalue weighted by atomic mass is 10.1. The zero-order valence-corrected chi connectivity index (χ0v) is 12.1. The van der Waals surface area contributed by atoms with Gasteiger partial charge in [0.15, 0.2) is 0 Å². The minimum absolute atomic E-state index is 0.0762. The van der Waals surface area contributed by atoms with Gasteiger partial charge in [-0.2, -0.15) is 5.10 Å². The van der Waals surface area contributed by atoms with Gasteiger partial charge in [-0.3, -0.25) is 4.79 Å². The second-order valence-electron chi connectivity index (χ2n) is 4.90. The number of nitrogens with zero attached hydrogens (tertiary/aromatic N) is 2. The van der Waals surface area contributed by atoms with Crippen LogP contribution in [0.3, 0.4) is 0 Å². The van der Waals surface area contributed by atoms with Crippen LogP contribution in [0, 0.1) is 5.82 Å². The maximum Gasteiger partial charge on any atom is 0.269 e. The molecule has 0 spiro atoms. The number of carbonyl (C=O) groups is 1. The van der Waals surface area contributed by atoms with Gasteiger partial charge >= 0.3 is 0 Å². The summed E-state index contributed by atoms with van der Waals surface area (Å²) in [6, 6.07) is 6.51. The first-order valence-electron chi connectivity index (χ1n) is 6.91. The van der Waals surface area contributed by atoms with E-state index in [1.807, 2.05) is 13.0 Å². The Bertz CT molecular complexity index is 638. The topological polar surface area (TPSA) is 72.9 Å². The highest BCUT2D eigenvalue weighted by atomic mass is 19.1. The largest absolute Gasteiger partial charge is 0.364 e. The van der Waals surface area contributed by atoms with Crippen LogP contribution in [0.25, 0.3) is 5.69 Å². The summed E-state index contributed by atoms with van der Waals surface area (Å²) in [7, 11) is 0. The molecular weight excluding hydrogens is 271 g/mol. The lowest BCUT2D eigenvalue weighted by Gasteiger charge is -2.14. The molecule has 0 aliphatic rings. The molecule has 0 bridgehead atoms. The van der Waals surface area contributed by atoms with E-state index < -0.39 is 11.7 Å². The van der Waals surface area contributed by atoms with Gasteiger partial charge in [-0.1, -0.05) is 13.0 Å². The van der Waals surface area contributed by atoms with E-state index in [2.05, 4.69) is 17.3 Å². The van der Waals surface area contributed by atoms with E-state index in [1.54, 1.807) is 6.07 Å². The fraction of sp³-hybridized carbons (Fsp3) is 0.333. The van der Waals surface area contributed by atoms with Gasteiger partial charge in [0, 0.05) is 12.2 Å². The Hall–Kier alpha value is -2.21. The zero-order valence-electron chi connectivity index (χ0n) is 12.1. The van der Waals surface area contributed by atoms with Crippen LogP contribution in [-0.2, 0) is 0 Å². The predicted molar refractivity (Wildman–Crippen MR) is 78.7 cm³/mol. The summed E-state index contributed by atoms with van der Waals surface area (Å²) in [5, 5.41) is 7.26. The number of aromatic nitrogens is 2. The van der Waals surface area contributed by atoms with Crippen molar-refractivity contribution in [1.82, 2.24) is 15.1 Å². The highest BCUT2D eigenvalue weighted by Crippen LogP contribution is 2.19. The first-order chi connectivity index (χ1) is 10.0. The first kappa shape index (κ1) is 15.2. The van der Waals surface area contributed by atoms with Gasteiger partial charge in [-0.15, -0.1) is 0 Å². The predicted octanol–water partition coefficient (Wildman–Crippen LogP) is 2.17. The number of halogens is 1. The Balaban J connectivity index is 2.24. The molecule has 0 saturated heterocycles. The Morgan fingerprint density at radius 1 is 1.48 bits per heavy atom. The molecule has 0 radical (unpaired) electrons. The highest BCUT2D eigenvalue weighted by Gasteiger charge is 2.12. The Morgan fingerprint density at radius 3 is 2.81 bits per heavy atom. The molecule has 2 rings (SSSR count). The quantitative estimate of drug-likeness (QED) is 0.856. The van der Waals surface area contributed by atoms with Crippen molar-refractivity contribution in [2.24, 2.45) is 5.73 Å². The van der Waals surface area contributed by atoms with Crippen molar-refractivity contribution in [2.45, 2.75) is 26.3 Å². The van der Waals surface area contributed by atoms with Crippen LogP contribution in [0.4, 0.5) is 4.39 Å². The van der Waals surface area contributed by atoms with Crippen molar-refractivity contribution in [3.63, 3.8) is 0 Å². The summed E-state index contributed by atoms with van der Waals surface area (Å²) in [5.41, 5.74) is 6.40. The number of benzene rings is 1. The molecule has 0 saturated carbocycles. The molecule has 1 amide bonds. The molecular formula is C15H19FN4O. The van der Waals surface area contributed by atoms with Gasteiger partial charge in [0.2, 0.25) is 0 Å². The van der Waals surface area contributed by atoms with E-state index >= 15 is 0 Å². The average molecular weight is 290 g/mol. The van der Waals surface area contributed by atoms with Gasteiger partial charge in [-0.25, -0.2) is 9.07 Å². The van der Waals surface area contributed by atoms with Gasteiger partial charge in [0.1, 0.15) is 17.2 Å². The second kappa shape index (κ2) is 6.49. The molecule has 1 unspecified atom stereocenters. The molecule has 3 N–H and O–H groups in total. The first-order valence-corrected chi connectivity index (χ1v) is 6.91. The molecule has 1 heterocycles. The maximum absolute atomic E-state index is 14.2. The smallest absolute Gasteiger partial charge is 0.269 e. The number of rotatable bonds is 6. The number of hydrogen-bond donors (Lipinski definition) is 2. The molecule has 112 valence electrons. The van der Waals surface area contributed by atoms with Crippen LogP contribution in [0.5, 0.6) is 0 Å². The maximum atomic E-state index is 14.2. The van der Waals surface area contributed by atoms with E-state index in [4.69, 9.17) is 5.73 Å². The molecule has 1 atom stereocenters. The lowest BCUT2D eigenvalue weighted by molar-refractivity contribution is 0.0995. The van der Waals surface area contributed by atoms with Crippen molar-refractivity contribution < 1.29 is 9.18 Å². The third-order valence-corrected chi connectivity index (χ3v) is 3.26. The highest BCUT2D eigenvalue weighted by molar-refractivity contribution is 5.90. The number of nitrogens with one attached hydrogen (secondary N) is 1. The van der Waals surface area contributed by atoms with Crippen LogP contribution < -0.4 is 11.1 Å². The average Bonchev–Trinajstić information content (AvgIpc) is 2.94. The van der Waals surface area contributed by atoms with Crippen LogP contribution >= 0.6 is 0 Å². The van der Waals surface area contributed by atoms with Crippen LogP contribution in [-0.4, -0.2) is 22.2 Å². The lowest BCUT2D eigenvalue weighted by Crippen LogP contribution is -2.19. The zero-order chi connectivity index (χ0) is 15.4. The van der Waals surface area contributed by atoms with E-state index in [-0.39, 0.29) is 17.4 Å². The fourth-order valence-corrected chi connectivity index (χ4v) is 2.05. The van der Waals surface area contributed by atoms with Crippen LogP contribution in [0.2, 0.25) is 0 Å². The minimum Gasteiger partial charge on any atom is -0.364 e. The van der Waals surface area contributed by atoms with Crippen molar-refractivity contribution in [1.29, 1.82) is 0 Å². The summed E-state index contributed by atoms with van der Waals surface area (Å²) in [6.45, 7) is 4.95. The summed E-state index contributed by atoms with van der Waals surface area (Å²) in [4.78, 5) is 11.0. The summed E-state index contributed by atoms with van der Waals surface area (Å²) >= 11 is 0. The Kier molecular flexibility index (Phi) is 4.70. The number of primary amides is 1. The second-order valence-corrected chi connectivity index (χ2v) is 4.90. The van der Waals surface area contributed by atoms with Crippen molar-refractivity contribution in [2.75, 3.05) is 6.54 Å². The molecule has 6 heteroatoms. The number of nitrogens with two attached hydrogens (primary N) is 1. The van der Waals surface area contributed by atoms with Crippen molar-refractivity contribution in [3.05, 3.63) is 47.5 Å². The van der Waals surface area contributed by atoms with E-state index in [0.717, 1.165) is 18.5 Å². The van der Waals surface area contributed by atoms with Crippen molar-refractivity contribution >= 4 is 5.91 Å². The SMILES string of the molecule is CCCNC(C)c1ccc(-n2ccc(C(N)=O)n2)c(F)c1. The Morgan fingerprint density at radius 2 is 2.24 bits per heavy atom. The summed E-state index contributed by atoms with van der Waals surface area (Å²) < 4.78 is 15.5. The van der Waals surface area contributed by atoms with Gasteiger partial charge in [0.05, 0.1) is 0 Å². The standard InChI is InChI=1S/C15H19FN4O/c1-3-7-18-10(2)11-4-5-14(12(16)9-11)20-8-6-13(19-20)15(17)21/h4-6,8-10,18H,3,7H2,1-2H3,(H2,17,21). The number of amides is 1. The molecule has 5 nitrogen and oxygen atoms in total. The fourth-order valence-electron chi connectivity index (χ4n) is 2.05. The van der Waals surface area contributed by atoms with Gasteiger partial charge in [0.25, 0.3) is 5.91 Å². The summed E-state index contributed by atoms with van der Waals surface area (Å²) in [5.74, 6) is -1.03. The molecule has 0 aliphatic heterocycles. The molecule has 0 aliphatic carbocycles. The Labute approximate surface area is 123 Å². The van der Waals surface area contributed by atoms with Crippen molar-refractivity contribution in [3.8, 4) is 5.69 Å².